The Hall–Kier alpha value is -1.96. The maximum atomic E-state index is 12.3. The van der Waals surface area contributed by atoms with Crippen molar-refractivity contribution in [1.82, 2.24) is 10.6 Å². The number of hydrogen-bond acceptors (Lipinski definition) is 5. The molecule has 2 heterocycles. The highest BCUT2D eigenvalue weighted by Gasteiger charge is 2.25. The number of rotatable bonds is 5. The number of ether oxygens (including phenoxy) is 1. The number of carbonyl (C=O) groups is 2. The van der Waals surface area contributed by atoms with Gasteiger partial charge in [-0.1, -0.05) is 6.07 Å². The van der Waals surface area contributed by atoms with Gasteiger partial charge in [-0.2, -0.15) is 0 Å². The number of nitrogens with one attached hydrogen (secondary N) is 3. The minimum absolute atomic E-state index is 0.0244. The largest absolute Gasteiger partial charge is 0.391 e. The molecule has 0 radical (unpaired) electrons. The van der Waals surface area contributed by atoms with Crippen molar-refractivity contribution in [2.45, 2.75) is 25.0 Å². The van der Waals surface area contributed by atoms with Crippen LogP contribution in [-0.2, 0) is 9.53 Å². The summed E-state index contributed by atoms with van der Waals surface area (Å²) in [6.45, 7) is 2.28. The summed E-state index contributed by atoms with van der Waals surface area (Å²) < 4.78 is 5.35. The molecule has 7 heteroatoms. The fraction of sp³-hybridized carbons (Fsp3) is 0.529. The van der Waals surface area contributed by atoms with Crippen LogP contribution < -0.4 is 16.0 Å². The first-order valence-corrected chi connectivity index (χ1v) is 8.33. The summed E-state index contributed by atoms with van der Waals surface area (Å²) in [7, 11) is 0. The number of benzene rings is 1. The zero-order chi connectivity index (χ0) is 16.9. The first-order valence-electron chi connectivity index (χ1n) is 8.33. The maximum Gasteiger partial charge on any atom is 0.253 e. The smallest absolute Gasteiger partial charge is 0.253 e. The van der Waals surface area contributed by atoms with Crippen molar-refractivity contribution in [3.8, 4) is 0 Å². The van der Waals surface area contributed by atoms with Crippen LogP contribution in [0.1, 0.15) is 23.2 Å². The molecular weight excluding hydrogens is 310 g/mol. The number of hydrogen-bond donors (Lipinski definition) is 4. The van der Waals surface area contributed by atoms with Gasteiger partial charge in [0.1, 0.15) is 6.10 Å². The molecule has 3 rings (SSSR count). The number of amides is 2. The van der Waals surface area contributed by atoms with Crippen LogP contribution >= 0.6 is 0 Å². The fourth-order valence-electron chi connectivity index (χ4n) is 3.00. The second-order valence-electron chi connectivity index (χ2n) is 6.27. The summed E-state index contributed by atoms with van der Waals surface area (Å²) in [5, 5.41) is 18.4. The van der Waals surface area contributed by atoms with Gasteiger partial charge in [0.05, 0.1) is 6.10 Å². The van der Waals surface area contributed by atoms with E-state index in [1.165, 1.54) is 0 Å². The summed E-state index contributed by atoms with van der Waals surface area (Å²) >= 11 is 0. The Morgan fingerprint density at radius 2 is 2.21 bits per heavy atom. The number of β-amino-alcohol motifs (C(OH)–C–C–N with tert-alkyl or cyclic N) is 1. The lowest BCUT2D eigenvalue weighted by Crippen LogP contribution is -2.34. The summed E-state index contributed by atoms with van der Waals surface area (Å²) in [5.74, 6) is -0.371. The van der Waals surface area contributed by atoms with Crippen LogP contribution in [0.15, 0.2) is 24.3 Å². The zero-order valence-corrected chi connectivity index (χ0v) is 13.5. The molecule has 0 spiro atoms. The summed E-state index contributed by atoms with van der Waals surface area (Å²) in [6.07, 6.45) is 0.785. The summed E-state index contributed by atoms with van der Waals surface area (Å²) in [6, 6.07) is 6.81. The van der Waals surface area contributed by atoms with E-state index in [0.717, 1.165) is 12.8 Å². The maximum absolute atomic E-state index is 12.3. The Morgan fingerprint density at radius 1 is 1.33 bits per heavy atom. The van der Waals surface area contributed by atoms with Gasteiger partial charge in [0.25, 0.3) is 11.8 Å². The van der Waals surface area contributed by atoms with Crippen LogP contribution in [0.2, 0.25) is 0 Å². The third kappa shape index (κ3) is 4.11. The number of aliphatic hydroxyl groups excluding tert-OH is 1. The Balaban J connectivity index is 1.55. The van der Waals surface area contributed by atoms with Crippen molar-refractivity contribution < 1.29 is 19.4 Å². The highest BCUT2D eigenvalue weighted by Crippen LogP contribution is 2.16. The molecule has 0 aliphatic carbocycles. The predicted molar refractivity (Wildman–Crippen MR) is 88.7 cm³/mol. The van der Waals surface area contributed by atoms with Gasteiger partial charge in [-0.05, 0) is 31.0 Å². The van der Waals surface area contributed by atoms with Crippen LogP contribution in [0.5, 0.6) is 0 Å². The van der Waals surface area contributed by atoms with Gasteiger partial charge in [-0.25, -0.2) is 0 Å². The molecule has 1 aromatic carbocycles. The predicted octanol–water partition coefficient (Wildman–Crippen LogP) is 0.114. The van der Waals surface area contributed by atoms with Gasteiger partial charge < -0.3 is 25.8 Å². The number of anilines is 1. The molecule has 130 valence electrons. The quantitative estimate of drug-likeness (QED) is 0.613. The molecule has 2 fully saturated rings. The summed E-state index contributed by atoms with van der Waals surface area (Å²) in [4.78, 5) is 24.3. The van der Waals surface area contributed by atoms with Gasteiger partial charge in [0.2, 0.25) is 0 Å². The van der Waals surface area contributed by atoms with Crippen molar-refractivity contribution >= 4 is 17.5 Å². The molecule has 2 aliphatic rings. The summed E-state index contributed by atoms with van der Waals surface area (Å²) in [5.41, 5.74) is 1.05. The molecule has 3 atom stereocenters. The molecule has 0 bridgehead atoms. The standard InChI is InChI=1S/C17H23N3O4/c21-14-10-18-8-12(14)9-19-16(22)11-3-1-4-13(7-11)20-17(23)15-5-2-6-24-15/h1,3-4,7,12,14-15,18,21H,2,5-6,8-10H2,(H,19,22)(H,20,23). The molecular formula is C17H23N3O4. The zero-order valence-electron chi connectivity index (χ0n) is 13.5. The molecule has 1 aromatic rings. The average Bonchev–Trinajstić information content (AvgIpc) is 3.24. The highest BCUT2D eigenvalue weighted by atomic mass is 16.5. The third-order valence-electron chi connectivity index (χ3n) is 4.44. The SMILES string of the molecule is O=C(NCC1CNCC1O)c1cccc(NC(=O)C2CCCO2)c1. The van der Waals surface area contributed by atoms with Gasteiger partial charge in [0.15, 0.2) is 0 Å². The fourth-order valence-corrected chi connectivity index (χ4v) is 3.00. The van der Waals surface area contributed by atoms with Crippen LogP contribution in [0.3, 0.4) is 0 Å². The molecule has 2 amide bonds. The van der Waals surface area contributed by atoms with Gasteiger partial charge in [-0.15, -0.1) is 0 Å². The van der Waals surface area contributed by atoms with Crippen molar-refractivity contribution in [1.29, 1.82) is 0 Å². The minimum Gasteiger partial charge on any atom is -0.391 e. The van der Waals surface area contributed by atoms with E-state index in [1.54, 1.807) is 24.3 Å². The monoisotopic (exact) mass is 333 g/mol. The first kappa shape index (κ1) is 16.9. The topological polar surface area (TPSA) is 99.7 Å². The van der Waals surface area contributed by atoms with E-state index in [4.69, 9.17) is 4.74 Å². The Labute approximate surface area is 140 Å². The van der Waals surface area contributed by atoms with E-state index in [1.807, 2.05) is 0 Å². The number of carbonyl (C=O) groups excluding carboxylic acids is 2. The minimum atomic E-state index is -0.428. The van der Waals surface area contributed by atoms with Crippen LogP contribution in [-0.4, -0.2) is 55.4 Å². The molecule has 0 saturated carbocycles. The van der Waals surface area contributed by atoms with Crippen molar-refractivity contribution in [3.63, 3.8) is 0 Å². The molecule has 2 saturated heterocycles. The first-order chi connectivity index (χ1) is 11.6. The van der Waals surface area contributed by atoms with E-state index in [-0.39, 0.29) is 17.7 Å². The Bertz CT molecular complexity index is 601. The molecule has 7 nitrogen and oxygen atoms in total. The third-order valence-corrected chi connectivity index (χ3v) is 4.44. The van der Waals surface area contributed by atoms with Crippen molar-refractivity contribution in [2.75, 3.05) is 31.6 Å². The highest BCUT2D eigenvalue weighted by molar-refractivity contribution is 5.98. The van der Waals surface area contributed by atoms with Gasteiger partial charge in [0, 0.05) is 43.4 Å². The van der Waals surface area contributed by atoms with E-state index in [0.29, 0.717) is 37.5 Å². The van der Waals surface area contributed by atoms with Crippen LogP contribution in [0.25, 0.3) is 0 Å². The molecule has 3 unspecified atom stereocenters. The van der Waals surface area contributed by atoms with Crippen LogP contribution in [0, 0.1) is 5.92 Å². The number of aliphatic hydroxyl groups is 1. The molecule has 2 aliphatic heterocycles. The van der Waals surface area contributed by atoms with E-state index < -0.39 is 12.2 Å². The Kier molecular flexibility index (Phi) is 5.44. The molecule has 24 heavy (non-hydrogen) atoms. The molecule has 4 N–H and O–H groups in total. The van der Waals surface area contributed by atoms with E-state index in [2.05, 4.69) is 16.0 Å². The normalized spacial score (nSPS) is 26.3. The van der Waals surface area contributed by atoms with Crippen LogP contribution in [0.4, 0.5) is 5.69 Å². The lowest BCUT2D eigenvalue weighted by atomic mass is 10.1. The van der Waals surface area contributed by atoms with E-state index >= 15 is 0 Å². The van der Waals surface area contributed by atoms with Gasteiger partial charge in [-0.3, -0.25) is 9.59 Å². The van der Waals surface area contributed by atoms with Gasteiger partial charge >= 0.3 is 0 Å². The second kappa shape index (κ2) is 7.74. The average molecular weight is 333 g/mol. The Morgan fingerprint density at radius 3 is 2.92 bits per heavy atom. The lowest BCUT2D eigenvalue weighted by Gasteiger charge is -2.15. The van der Waals surface area contributed by atoms with Crippen molar-refractivity contribution in [2.24, 2.45) is 5.92 Å². The molecule has 0 aromatic heterocycles. The van der Waals surface area contributed by atoms with Crippen molar-refractivity contribution in [3.05, 3.63) is 29.8 Å². The lowest BCUT2D eigenvalue weighted by molar-refractivity contribution is -0.124. The second-order valence-corrected chi connectivity index (χ2v) is 6.27. The van der Waals surface area contributed by atoms with E-state index in [9.17, 15) is 14.7 Å².